The number of nitrogens with zero attached hydrogens (tertiary/aromatic N) is 1. The fourth-order valence-corrected chi connectivity index (χ4v) is 2.86. The molecule has 0 aliphatic rings. The Hall–Kier alpha value is -1.34. The van der Waals surface area contributed by atoms with Crippen LogP contribution in [0.3, 0.4) is 0 Å². The monoisotopic (exact) mass is 453 g/mol. The molecule has 0 N–H and O–H groups in total. The van der Waals surface area contributed by atoms with Crippen LogP contribution in [0.15, 0.2) is 33.9 Å². The summed E-state index contributed by atoms with van der Waals surface area (Å²) in [6.07, 6.45) is 2.78. The van der Waals surface area contributed by atoms with Gasteiger partial charge in [0.2, 0.25) is 0 Å². The second-order valence-electron chi connectivity index (χ2n) is 5.66. The summed E-state index contributed by atoms with van der Waals surface area (Å²) in [7, 11) is 0. The quantitative estimate of drug-likeness (QED) is 0.203. The van der Waals surface area contributed by atoms with Gasteiger partial charge in [-0.3, -0.25) is 0 Å². The van der Waals surface area contributed by atoms with Gasteiger partial charge in [0, 0.05) is 12.1 Å². The van der Waals surface area contributed by atoms with Gasteiger partial charge >= 0.3 is 0 Å². The van der Waals surface area contributed by atoms with Gasteiger partial charge in [-0.2, -0.15) is 8.78 Å². The van der Waals surface area contributed by atoms with Crippen LogP contribution in [-0.2, 0) is 4.84 Å². The Kier molecular flexibility index (Phi) is 11.3. The van der Waals surface area contributed by atoms with Gasteiger partial charge in [0.25, 0.3) is 6.08 Å². The van der Waals surface area contributed by atoms with Crippen LogP contribution in [0.4, 0.5) is 8.78 Å². The Labute approximate surface area is 166 Å². The molecule has 0 aliphatic heterocycles. The van der Waals surface area contributed by atoms with Crippen molar-refractivity contribution < 1.29 is 23.1 Å². The van der Waals surface area contributed by atoms with Crippen molar-refractivity contribution >= 4 is 33.2 Å². The third kappa shape index (κ3) is 9.97. The minimum Gasteiger partial charge on any atom is -0.491 e. The maximum Gasteiger partial charge on any atom is 0.269 e. The first-order valence-corrected chi connectivity index (χ1v) is 9.46. The summed E-state index contributed by atoms with van der Waals surface area (Å²) in [4.78, 5) is 5.13. The highest BCUT2D eigenvalue weighted by molar-refractivity contribution is 9.10. The van der Waals surface area contributed by atoms with E-state index in [1.54, 1.807) is 12.1 Å². The second-order valence-corrected chi connectivity index (χ2v) is 6.92. The molecule has 0 amide bonds. The Bertz CT molecular complexity index is 595. The van der Waals surface area contributed by atoms with Gasteiger partial charge in [-0.1, -0.05) is 16.8 Å². The highest BCUT2D eigenvalue weighted by Gasteiger charge is 2.10. The van der Waals surface area contributed by atoms with Crippen molar-refractivity contribution in [1.29, 1.82) is 0 Å². The maximum atomic E-state index is 12.0. The minimum absolute atomic E-state index is 0.224. The first-order valence-electron chi connectivity index (χ1n) is 8.29. The Morgan fingerprint density at radius 3 is 2.42 bits per heavy atom. The molecular formula is C18H23BrClF2NO3. The molecule has 0 saturated heterocycles. The maximum absolute atomic E-state index is 12.0. The Morgan fingerprint density at radius 2 is 1.81 bits per heavy atom. The van der Waals surface area contributed by atoms with E-state index in [1.807, 2.05) is 13.8 Å². The molecule has 1 aromatic rings. The number of benzene rings is 1. The smallest absolute Gasteiger partial charge is 0.269 e. The van der Waals surface area contributed by atoms with Crippen molar-refractivity contribution in [2.45, 2.75) is 39.5 Å². The van der Waals surface area contributed by atoms with Gasteiger partial charge in [0.15, 0.2) is 5.75 Å². The SMILES string of the molecule is CC(C)=NOCCCCCCOc1c(Cl)cc(OCC=C(F)F)cc1Br. The van der Waals surface area contributed by atoms with E-state index in [-0.39, 0.29) is 6.61 Å². The average molecular weight is 455 g/mol. The number of rotatable bonds is 12. The van der Waals surface area contributed by atoms with Crippen LogP contribution < -0.4 is 9.47 Å². The molecule has 0 aliphatic carbocycles. The number of oxime groups is 1. The third-order valence-electron chi connectivity index (χ3n) is 3.08. The van der Waals surface area contributed by atoms with Crippen LogP contribution in [-0.4, -0.2) is 25.5 Å². The lowest BCUT2D eigenvalue weighted by Crippen LogP contribution is -2.00. The summed E-state index contributed by atoms with van der Waals surface area (Å²) in [5.41, 5.74) is 0.906. The molecule has 0 saturated carbocycles. The van der Waals surface area contributed by atoms with E-state index in [0.29, 0.717) is 40.3 Å². The van der Waals surface area contributed by atoms with Gasteiger partial charge in [0.05, 0.1) is 21.8 Å². The summed E-state index contributed by atoms with van der Waals surface area (Å²) in [6.45, 7) is 4.70. The van der Waals surface area contributed by atoms with Crippen molar-refractivity contribution in [2.24, 2.45) is 5.16 Å². The lowest BCUT2D eigenvalue weighted by Gasteiger charge is -2.12. The zero-order chi connectivity index (χ0) is 19.4. The molecule has 8 heteroatoms. The van der Waals surface area contributed by atoms with Gasteiger partial charge in [0.1, 0.15) is 19.0 Å². The molecule has 0 fully saturated rings. The van der Waals surface area contributed by atoms with Gasteiger partial charge in [-0.05, 0) is 61.5 Å². The van der Waals surface area contributed by atoms with Crippen LogP contribution in [0.2, 0.25) is 5.02 Å². The first-order chi connectivity index (χ1) is 12.4. The molecule has 1 aromatic carbocycles. The summed E-state index contributed by atoms with van der Waals surface area (Å²) in [5, 5.41) is 4.23. The van der Waals surface area contributed by atoms with Crippen LogP contribution in [0.1, 0.15) is 39.5 Å². The number of ether oxygens (including phenoxy) is 2. The van der Waals surface area contributed by atoms with Crippen molar-refractivity contribution in [1.82, 2.24) is 0 Å². The van der Waals surface area contributed by atoms with E-state index in [9.17, 15) is 8.78 Å². The largest absolute Gasteiger partial charge is 0.491 e. The number of hydrogen-bond acceptors (Lipinski definition) is 4. The summed E-state index contributed by atoms with van der Waals surface area (Å²) < 4.78 is 35.5. The third-order valence-corrected chi connectivity index (χ3v) is 3.95. The van der Waals surface area contributed by atoms with Crippen LogP contribution in [0.25, 0.3) is 0 Å². The fourth-order valence-electron chi connectivity index (χ4n) is 1.93. The Morgan fingerprint density at radius 1 is 1.12 bits per heavy atom. The Balaban J connectivity index is 2.30. The van der Waals surface area contributed by atoms with Crippen LogP contribution in [0, 0.1) is 0 Å². The molecular weight excluding hydrogens is 432 g/mol. The summed E-state index contributed by atoms with van der Waals surface area (Å²) >= 11 is 9.53. The molecule has 0 atom stereocenters. The summed E-state index contributed by atoms with van der Waals surface area (Å²) in [6, 6.07) is 3.18. The molecule has 0 unspecified atom stereocenters. The van der Waals surface area contributed by atoms with Crippen molar-refractivity contribution in [3.05, 3.63) is 33.8 Å². The van der Waals surface area contributed by atoms with Crippen molar-refractivity contribution in [3.8, 4) is 11.5 Å². The first kappa shape index (κ1) is 22.7. The van der Waals surface area contributed by atoms with E-state index in [1.165, 1.54) is 0 Å². The predicted molar refractivity (Wildman–Crippen MR) is 104 cm³/mol. The van der Waals surface area contributed by atoms with Gasteiger partial charge < -0.3 is 14.3 Å². The zero-order valence-electron chi connectivity index (χ0n) is 14.9. The molecule has 0 spiro atoms. The zero-order valence-corrected chi connectivity index (χ0v) is 17.2. The lowest BCUT2D eigenvalue weighted by atomic mass is 10.2. The van der Waals surface area contributed by atoms with Gasteiger partial charge in [-0.25, -0.2) is 0 Å². The lowest BCUT2D eigenvalue weighted by molar-refractivity contribution is 0.139. The van der Waals surface area contributed by atoms with Crippen LogP contribution in [0.5, 0.6) is 11.5 Å². The molecule has 0 heterocycles. The molecule has 0 bridgehead atoms. The highest BCUT2D eigenvalue weighted by Crippen LogP contribution is 2.37. The van der Waals surface area contributed by atoms with Crippen molar-refractivity contribution in [2.75, 3.05) is 19.8 Å². The molecule has 1 rings (SSSR count). The van der Waals surface area contributed by atoms with E-state index < -0.39 is 6.08 Å². The molecule has 26 heavy (non-hydrogen) atoms. The van der Waals surface area contributed by atoms with E-state index in [4.69, 9.17) is 25.9 Å². The number of unbranched alkanes of at least 4 members (excludes halogenated alkanes) is 3. The standard InChI is InChI=1S/C18H23BrClF2NO3/c1-13(2)23-26-9-6-4-3-5-8-25-18-15(19)11-14(12-16(18)20)24-10-7-17(21)22/h7,11-12H,3-6,8-10H2,1-2H3. The van der Waals surface area contributed by atoms with E-state index in [2.05, 4.69) is 21.1 Å². The highest BCUT2D eigenvalue weighted by atomic mass is 79.9. The van der Waals surface area contributed by atoms with Crippen LogP contribution >= 0.6 is 27.5 Å². The number of halogens is 4. The molecule has 0 radical (unpaired) electrons. The average Bonchev–Trinajstić information content (AvgIpc) is 2.54. The molecule has 146 valence electrons. The summed E-state index contributed by atoms with van der Waals surface area (Å²) in [5.74, 6) is 0.902. The molecule has 4 nitrogen and oxygen atoms in total. The normalized spacial score (nSPS) is 10.2. The molecule has 0 aromatic heterocycles. The van der Waals surface area contributed by atoms with Gasteiger partial charge in [-0.15, -0.1) is 0 Å². The van der Waals surface area contributed by atoms with Crippen molar-refractivity contribution in [3.63, 3.8) is 0 Å². The number of hydrogen-bond donors (Lipinski definition) is 0. The second kappa shape index (κ2) is 12.9. The fraction of sp³-hybridized carbons (Fsp3) is 0.500. The van der Waals surface area contributed by atoms with E-state index in [0.717, 1.165) is 31.4 Å². The topological polar surface area (TPSA) is 40.0 Å². The van der Waals surface area contributed by atoms with E-state index >= 15 is 0 Å². The predicted octanol–water partition coefficient (Wildman–Crippen LogP) is 6.61. The minimum atomic E-state index is -1.78.